The van der Waals surface area contributed by atoms with Gasteiger partial charge in [-0.1, -0.05) is 139 Å². The molecule has 59 heavy (non-hydrogen) atoms. The van der Waals surface area contributed by atoms with Gasteiger partial charge in [0.1, 0.15) is 17.0 Å². The van der Waals surface area contributed by atoms with Gasteiger partial charge in [0.2, 0.25) is 0 Å². The van der Waals surface area contributed by atoms with Gasteiger partial charge in [0.25, 0.3) is 0 Å². The van der Waals surface area contributed by atoms with Gasteiger partial charge < -0.3 is 9.40 Å². The third kappa shape index (κ3) is 6.53. The summed E-state index contributed by atoms with van der Waals surface area (Å²) in [5, 5.41) is 4.43. The molecular formula is C54H46N4O. The Labute approximate surface area is 345 Å². The predicted octanol–water partition coefficient (Wildman–Crippen LogP) is 15.1. The zero-order valence-corrected chi connectivity index (χ0v) is 34.3. The summed E-state index contributed by atoms with van der Waals surface area (Å²) in [4.78, 5) is 16.4. The summed E-state index contributed by atoms with van der Waals surface area (Å²) >= 11 is 0. The van der Waals surface area contributed by atoms with Crippen molar-refractivity contribution in [1.82, 2.24) is 15.0 Å². The van der Waals surface area contributed by atoms with Gasteiger partial charge in [-0.05, 0) is 93.7 Å². The summed E-state index contributed by atoms with van der Waals surface area (Å²) in [5.74, 6) is 0.818. The molecule has 4 aromatic heterocycles. The van der Waals surface area contributed by atoms with Crippen LogP contribution in [0.2, 0.25) is 0 Å². The molecule has 0 spiro atoms. The molecule has 5 nitrogen and oxygen atoms in total. The first-order chi connectivity index (χ1) is 28.5. The van der Waals surface area contributed by atoms with E-state index >= 15 is 0 Å². The molecule has 0 atom stereocenters. The van der Waals surface area contributed by atoms with Crippen molar-refractivity contribution in [3.05, 3.63) is 175 Å². The van der Waals surface area contributed by atoms with Crippen LogP contribution in [0.4, 0.5) is 17.2 Å². The lowest BCUT2D eigenvalue weighted by molar-refractivity contribution is 0.569. The smallest absolute Gasteiger partial charge is 0.144 e. The molecule has 0 aliphatic heterocycles. The molecule has 1 N–H and O–H groups in total. The molecule has 10 rings (SSSR count). The molecule has 0 aliphatic rings. The number of hydrogen-bond donors (Lipinski definition) is 1. The Morgan fingerprint density at radius 1 is 0.508 bits per heavy atom. The number of rotatable bonds is 6. The third-order valence-electron chi connectivity index (χ3n) is 11.5. The van der Waals surface area contributed by atoms with E-state index in [1.807, 2.05) is 36.5 Å². The van der Waals surface area contributed by atoms with Crippen LogP contribution >= 0.6 is 0 Å². The average molecular weight is 767 g/mol. The normalized spacial score (nSPS) is 12.2. The van der Waals surface area contributed by atoms with E-state index in [0.717, 1.165) is 83.8 Å². The van der Waals surface area contributed by atoms with Crippen molar-refractivity contribution in [1.29, 1.82) is 0 Å². The topological polar surface area (TPSA) is 58.0 Å². The summed E-state index contributed by atoms with van der Waals surface area (Å²) in [5.41, 5.74) is 14.2. The Bertz CT molecular complexity index is 3110. The molecule has 5 heteroatoms. The SMILES string of the molecule is CC(C)(C)c1cc(-c2cc(-c3cccc4c3[nH]c3ccccc34)nc(-c3cc(N(c4ccccc4)c4ccccn4)cc4c3oc3ccccc34)c2)cc(C(C)(C)C)c1. The first-order valence-corrected chi connectivity index (χ1v) is 20.4. The fourth-order valence-corrected chi connectivity index (χ4v) is 8.33. The second kappa shape index (κ2) is 13.8. The number of furan rings is 1. The van der Waals surface area contributed by atoms with Gasteiger partial charge in [-0.2, -0.15) is 0 Å². The van der Waals surface area contributed by atoms with Gasteiger partial charge in [-0.15, -0.1) is 0 Å². The van der Waals surface area contributed by atoms with Crippen molar-refractivity contribution in [2.75, 3.05) is 4.90 Å². The number of aromatic nitrogens is 3. The number of H-pyrrole nitrogens is 1. The van der Waals surface area contributed by atoms with Gasteiger partial charge in [-0.3, -0.25) is 4.90 Å². The minimum Gasteiger partial charge on any atom is -0.455 e. The highest BCUT2D eigenvalue weighted by atomic mass is 16.3. The standard InChI is InChI=1S/C54H46N4O/c1-53(2,3)36-27-34(28-37(31-36)54(4,5)6)35-29-47(43-22-16-21-42-40-19-10-12-23-46(40)57-51(42)43)56-48(30-35)45-33-39(32-44-41-20-11-13-24-49(41)59-52(44)45)58(38-17-8-7-9-18-38)50-25-14-15-26-55-50/h7-33,57H,1-6H3. The van der Waals surface area contributed by atoms with Gasteiger partial charge in [-0.25, -0.2) is 9.97 Å². The predicted molar refractivity (Wildman–Crippen MR) is 247 cm³/mol. The van der Waals surface area contributed by atoms with Crippen LogP contribution < -0.4 is 4.90 Å². The van der Waals surface area contributed by atoms with Crippen LogP contribution in [0, 0.1) is 0 Å². The number of nitrogens with one attached hydrogen (secondary N) is 1. The van der Waals surface area contributed by atoms with Gasteiger partial charge in [0.05, 0.1) is 16.9 Å². The van der Waals surface area contributed by atoms with Crippen LogP contribution in [-0.2, 0) is 10.8 Å². The van der Waals surface area contributed by atoms with Crippen molar-refractivity contribution in [2.24, 2.45) is 0 Å². The first-order valence-electron chi connectivity index (χ1n) is 20.4. The van der Waals surface area contributed by atoms with Crippen LogP contribution in [0.3, 0.4) is 0 Å². The van der Waals surface area contributed by atoms with Crippen molar-refractivity contribution in [3.63, 3.8) is 0 Å². The Morgan fingerprint density at radius 3 is 1.88 bits per heavy atom. The number of pyridine rings is 2. The molecule has 0 bridgehead atoms. The lowest BCUT2D eigenvalue weighted by atomic mass is 9.79. The second-order valence-electron chi connectivity index (χ2n) is 17.7. The minimum absolute atomic E-state index is 0.0498. The molecule has 0 unspecified atom stereocenters. The van der Waals surface area contributed by atoms with Crippen LogP contribution in [0.25, 0.3) is 77.4 Å². The molecule has 0 saturated carbocycles. The van der Waals surface area contributed by atoms with Crippen molar-refractivity contribution < 1.29 is 4.42 Å². The molecule has 0 saturated heterocycles. The number of aromatic amines is 1. The zero-order valence-electron chi connectivity index (χ0n) is 34.3. The van der Waals surface area contributed by atoms with E-state index in [1.54, 1.807) is 0 Å². The second-order valence-corrected chi connectivity index (χ2v) is 17.7. The van der Waals surface area contributed by atoms with E-state index in [0.29, 0.717) is 0 Å². The molecule has 0 fully saturated rings. The van der Waals surface area contributed by atoms with Gasteiger partial charge in [0, 0.05) is 55.8 Å². The zero-order chi connectivity index (χ0) is 40.5. The lowest BCUT2D eigenvalue weighted by Crippen LogP contribution is -2.16. The molecule has 0 amide bonds. The molecular weight excluding hydrogens is 721 g/mol. The minimum atomic E-state index is -0.0498. The van der Waals surface area contributed by atoms with Crippen molar-refractivity contribution in [3.8, 4) is 33.6 Å². The average Bonchev–Trinajstić information content (AvgIpc) is 3.82. The van der Waals surface area contributed by atoms with E-state index in [4.69, 9.17) is 14.4 Å². The highest BCUT2D eigenvalue weighted by Gasteiger charge is 2.25. The van der Waals surface area contributed by atoms with E-state index in [2.05, 4.69) is 179 Å². The maximum Gasteiger partial charge on any atom is 0.144 e. The first kappa shape index (κ1) is 36.4. The van der Waals surface area contributed by atoms with Gasteiger partial charge in [0.15, 0.2) is 0 Å². The maximum absolute atomic E-state index is 6.83. The molecule has 0 aliphatic carbocycles. The fraction of sp³-hybridized carbons (Fsp3) is 0.148. The largest absolute Gasteiger partial charge is 0.455 e. The van der Waals surface area contributed by atoms with Gasteiger partial charge >= 0.3 is 0 Å². The summed E-state index contributed by atoms with van der Waals surface area (Å²) in [6.45, 7) is 13.8. The Balaban J connectivity index is 1.30. The summed E-state index contributed by atoms with van der Waals surface area (Å²) in [6.07, 6.45) is 1.84. The molecule has 0 radical (unpaired) electrons. The third-order valence-corrected chi connectivity index (χ3v) is 11.5. The van der Waals surface area contributed by atoms with Crippen LogP contribution in [0.15, 0.2) is 168 Å². The fourth-order valence-electron chi connectivity index (χ4n) is 8.33. The Hall–Kier alpha value is -6.98. The monoisotopic (exact) mass is 766 g/mol. The highest BCUT2D eigenvalue weighted by molar-refractivity contribution is 6.13. The summed E-state index contributed by atoms with van der Waals surface area (Å²) < 4.78 is 6.83. The number of benzene rings is 6. The highest BCUT2D eigenvalue weighted by Crippen LogP contribution is 2.45. The molecule has 4 heterocycles. The maximum atomic E-state index is 6.83. The van der Waals surface area contributed by atoms with E-state index in [9.17, 15) is 0 Å². The molecule has 288 valence electrons. The number of anilines is 3. The Morgan fingerprint density at radius 2 is 1.15 bits per heavy atom. The van der Waals surface area contributed by atoms with E-state index < -0.39 is 0 Å². The quantitative estimate of drug-likeness (QED) is 0.183. The van der Waals surface area contributed by atoms with E-state index in [-0.39, 0.29) is 10.8 Å². The van der Waals surface area contributed by atoms with Crippen LogP contribution in [0.5, 0.6) is 0 Å². The molecule has 10 aromatic rings. The number of hydrogen-bond acceptors (Lipinski definition) is 4. The van der Waals surface area contributed by atoms with Crippen molar-refractivity contribution in [2.45, 2.75) is 52.4 Å². The lowest BCUT2D eigenvalue weighted by Gasteiger charge is -2.26. The number of para-hydroxylation sites is 4. The van der Waals surface area contributed by atoms with E-state index in [1.165, 1.54) is 21.9 Å². The number of nitrogens with zero attached hydrogens (tertiary/aromatic N) is 3. The summed E-state index contributed by atoms with van der Waals surface area (Å²) in [6, 6.07) is 55.9. The summed E-state index contributed by atoms with van der Waals surface area (Å²) in [7, 11) is 0. The van der Waals surface area contributed by atoms with Crippen molar-refractivity contribution >= 4 is 60.9 Å². The molecule has 6 aromatic carbocycles. The van der Waals surface area contributed by atoms with Crippen LogP contribution in [-0.4, -0.2) is 15.0 Å². The van der Waals surface area contributed by atoms with Crippen LogP contribution in [0.1, 0.15) is 52.7 Å². The Kier molecular flexibility index (Phi) is 8.53. The number of fused-ring (bicyclic) bond motifs is 6.